The fourth-order valence-corrected chi connectivity index (χ4v) is 0.631. The maximum Gasteiger partial charge on any atom is 0.0267 e. The van der Waals surface area contributed by atoms with Crippen molar-refractivity contribution in [2.75, 3.05) is 13.1 Å². The van der Waals surface area contributed by atoms with Gasteiger partial charge in [0.2, 0.25) is 0 Å². The summed E-state index contributed by atoms with van der Waals surface area (Å²) in [4.78, 5) is 0. The van der Waals surface area contributed by atoms with Gasteiger partial charge in [-0.05, 0) is 19.5 Å². The van der Waals surface area contributed by atoms with Crippen molar-refractivity contribution in [3.63, 3.8) is 0 Å². The monoisotopic (exact) mass is 137 g/mol. The molecule has 0 unspecified atom stereocenters. The molecule has 0 fully saturated rings. The van der Waals surface area contributed by atoms with Gasteiger partial charge in [0.05, 0.1) is 0 Å². The predicted octanol–water partition coefficient (Wildman–Crippen LogP) is 1.57. The van der Waals surface area contributed by atoms with E-state index in [1.807, 2.05) is 6.08 Å². The summed E-state index contributed by atoms with van der Waals surface area (Å²) >= 11 is 0. The number of nitrogens with one attached hydrogen (secondary N) is 1. The zero-order valence-electron chi connectivity index (χ0n) is 6.56. The Hall–Kier alpha value is -0.740. The molecule has 0 amide bonds. The number of hydrogen-bond acceptors (Lipinski definition) is 1. The van der Waals surface area contributed by atoms with Gasteiger partial charge >= 0.3 is 0 Å². The van der Waals surface area contributed by atoms with Crippen molar-refractivity contribution in [2.45, 2.75) is 19.8 Å². The standard InChI is InChI=1S/C9H15N/c1-3-5-6-7-8-9-10-4-2/h1,6-7,10H,4-5,8-9H2,2H3. The molecule has 56 valence electrons. The largest absolute Gasteiger partial charge is 0.317 e. The van der Waals surface area contributed by atoms with Crippen molar-refractivity contribution in [2.24, 2.45) is 0 Å². The van der Waals surface area contributed by atoms with E-state index in [0.717, 1.165) is 25.9 Å². The molecule has 0 aromatic rings. The van der Waals surface area contributed by atoms with E-state index in [1.54, 1.807) is 0 Å². The van der Waals surface area contributed by atoms with E-state index < -0.39 is 0 Å². The molecule has 1 heteroatoms. The second kappa shape index (κ2) is 8.26. The second-order valence-corrected chi connectivity index (χ2v) is 2.02. The van der Waals surface area contributed by atoms with Crippen LogP contribution in [0.25, 0.3) is 0 Å². The second-order valence-electron chi connectivity index (χ2n) is 2.02. The van der Waals surface area contributed by atoms with Crippen LogP contribution in [0, 0.1) is 12.3 Å². The molecule has 0 radical (unpaired) electrons. The third-order valence-corrected chi connectivity index (χ3v) is 1.14. The van der Waals surface area contributed by atoms with Gasteiger partial charge in [-0.2, -0.15) is 0 Å². The van der Waals surface area contributed by atoms with Crippen LogP contribution in [0.2, 0.25) is 0 Å². The molecule has 0 heterocycles. The first-order valence-electron chi connectivity index (χ1n) is 3.71. The lowest BCUT2D eigenvalue weighted by Crippen LogP contribution is -2.12. The van der Waals surface area contributed by atoms with Gasteiger partial charge in [0, 0.05) is 6.42 Å². The number of terminal acetylenes is 1. The van der Waals surface area contributed by atoms with Crippen LogP contribution >= 0.6 is 0 Å². The molecule has 0 saturated carbocycles. The Labute approximate surface area is 63.5 Å². The molecular formula is C9H15N. The molecule has 0 bridgehead atoms. The summed E-state index contributed by atoms with van der Waals surface area (Å²) in [6, 6.07) is 0. The lowest BCUT2D eigenvalue weighted by Gasteiger charge is -1.94. The molecule has 0 aromatic heterocycles. The molecule has 0 spiro atoms. The number of hydrogen-bond donors (Lipinski definition) is 1. The van der Waals surface area contributed by atoms with Crippen LogP contribution < -0.4 is 5.32 Å². The summed E-state index contributed by atoms with van der Waals surface area (Å²) in [6.45, 7) is 4.20. The van der Waals surface area contributed by atoms with Crippen LogP contribution in [0.1, 0.15) is 19.8 Å². The zero-order chi connectivity index (χ0) is 7.66. The van der Waals surface area contributed by atoms with Crippen molar-refractivity contribution < 1.29 is 0 Å². The maximum absolute atomic E-state index is 5.05. The van der Waals surface area contributed by atoms with Crippen LogP contribution in [0.5, 0.6) is 0 Å². The Morgan fingerprint density at radius 3 is 2.90 bits per heavy atom. The molecule has 10 heavy (non-hydrogen) atoms. The topological polar surface area (TPSA) is 12.0 Å². The molecule has 0 aliphatic heterocycles. The van der Waals surface area contributed by atoms with Crippen molar-refractivity contribution in [1.82, 2.24) is 5.32 Å². The van der Waals surface area contributed by atoms with E-state index >= 15 is 0 Å². The molecular weight excluding hydrogens is 122 g/mol. The van der Waals surface area contributed by atoms with Crippen LogP contribution in [0.4, 0.5) is 0 Å². The van der Waals surface area contributed by atoms with Crippen LogP contribution in [-0.4, -0.2) is 13.1 Å². The zero-order valence-corrected chi connectivity index (χ0v) is 6.56. The van der Waals surface area contributed by atoms with E-state index in [1.165, 1.54) is 0 Å². The Morgan fingerprint density at radius 1 is 1.50 bits per heavy atom. The normalized spacial score (nSPS) is 10.0. The highest BCUT2D eigenvalue weighted by molar-refractivity contribution is 4.96. The van der Waals surface area contributed by atoms with Gasteiger partial charge in [0.1, 0.15) is 0 Å². The summed E-state index contributed by atoms with van der Waals surface area (Å²) in [6.07, 6.45) is 11.0. The third kappa shape index (κ3) is 7.26. The molecule has 0 aliphatic rings. The predicted molar refractivity (Wildman–Crippen MR) is 45.8 cm³/mol. The van der Waals surface area contributed by atoms with Crippen LogP contribution in [0.3, 0.4) is 0 Å². The summed E-state index contributed by atoms with van der Waals surface area (Å²) in [5.41, 5.74) is 0. The first kappa shape index (κ1) is 9.26. The van der Waals surface area contributed by atoms with E-state index in [0.29, 0.717) is 0 Å². The highest BCUT2D eigenvalue weighted by atomic mass is 14.8. The van der Waals surface area contributed by atoms with Gasteiger partial charge in [0.15, 0.2) is 0 Å². The number of allylic oxidation sites excluding steroid dienone is 1. The van der Waals surface area contributed by atoms with Crippen molar-refractivity contribution in [3.8, 4) is 12.3 Å². The minimum atomic E-state index is 0.756. The lowest BCUT2D eigenvalue weighted by molar-refractivity contribution is 0.726. The highest BCUT2D eigenvalue weighted by Gasteiger charge is 1.77. The molecule has 1 nitrogen and oxygen atoms in total. The van der Waals surface area contributed by atoms with Crippen molar-refractivity contribution in [3.05, 3.63) is 12.2 Å². The quantitative estimate of drug-likeness (QED) is 0.344. The van der Waals surface area contributed by atoms with Gasteiger partial charge in [-0.15, -0.1) is 12.3 Å². The molecule has 0 saturated heterocycles. The Balaban J connectivity index is 2.97. The number of rotatable bonds is 5. The van der Waals surface area contributed by atoms with E-state index in [9.17, 15) is 0 Å². The van der Waals surface area contributed by atoms with Gasteiger partial charge in [0.25, 0.3) is 0 Å². The van der Waals surface area contributed by atoms with Crippen LogP contribution in [-0.2, 0) is 0 Å². The molecule has 0 aromatic carbocycles. The molecule has 1 N–H and O–H groups in total. The summed E-state index contributed by atoms with van der Waals surface area (Å²) in [5.74, 6) is 2.55. The highest BCUT2D eigenvalue weighted by Crippen LogP contribution is 1.83. The van der Waals surface area contributed by atoms with Crippen molar-refractivity contribution in [1.29, 1.82) is 0 Å². The SMILES string of the molecule is C#CCC=CCCNCC. The molecule has 0 rings (SSSR count). The Bertz CT molecular complexity index is 119. The fourth-order valence-electron chi connectivity index (χ4n) is 0.631. The van der Waals surface area contributed by atoms with Gasteiger partial charge in [-0.3, -0.25) is 0 Å². The van der Waals surface area contributed by atoms with E-state index in [2.05, 4.69) is 24.2 Å². The average molecular weight is 137 g/mol. The van der Waals surface area contributed by atoms with E-state index in [-0.39, 0.29) is 0 Å². The molecule has 0 atom stereocenters. The van der Waals surface area contributed by atoms with Crippen molar-refractivity contribution >= 4 is 0 Å². The summed E-state index contributed by atoms with van der Waals surface area (Å²) in [5, 5.41) is 3.22. The maximum atomic E-state index is 5.05. The Morgan fingerprint density at radius 2 is 2.30 bits per heavy atom. The molecule has 0 aliphatic carbocycles. The van der Waals surface area contributed by atoms with Gasteiger partial charge < -0.3 is 5.32 Å². The summed E-state index contributed by atoms with van der Waals surface area (Å²) < 4.78 is 0. The minimum absolute atomic E-state index is 0.756. The third-order valence-electron chi connectivity index (χ3n) is 1.14. The average Bonchev–Trinajstić information content (AvgIpc) is 1.97. The lowest BCUT2D eigenvalue weighted by atomic mass is 10.3. The minimum Gasteiger partial charge on any atom is -0.317 e. The van der Waals surface area contributed by atoms with Crippen LogP contribution in [0.15, 0.2) is 12.2 Å². The smallest absolute Gasteiger partial charge is 0.0267 e. The van der Waals surface area contributed by atoms with Gasteiger partial charge in [-0.25, -0.2) is 0 Å². The Kier molecular flexibility index (Phi) is 7.65. The summed E-state index contributed by atoms with van der Waals surface area (Å²) in [7, 11) is 0. The first-order chi connectivity index (χ1) is 4.91. The first-order valence-corrected chi connectivity index (χ1v) is 3.71. The van der Waals surface area contributed by atoms with E-state index in [4.69, 9.17) is 6.42 Å². The van der Waals surface area contributed by atoms with Gasteiger partial charge in [-0.1, -0.05) is 19.1 Å². The fraction of sp³-hybridized carbons (Fsp3) is 0.556.